The molecule has 2 heterocycles. The summed E-state index contributed by atoms with van der Waals surface area (Å²) in [7, 11) is 1.68. The minimum Gasteiger partial charge on any atom is -0.384 e. The standard InChI is InChI=1S/C18H26N2O3/c1-22-14-18(7-9-19-10-8-18)17(21)20-11-12-23-16(13-20)15-5-3-2-4-6-15/h2-6,16,19H,7-14H2,1H3. The zero-order chi connectivity index (χ0) is 16.1. The van der Waals surface area contributed by atoms with Gasteiger partial charge in [-0.05, 0) is 31.5 Å². The topological polar surface area (TPSA) is 50.8 Å². The van der Waals surface area contributed by atoms with Gasteiger partial charge in [0.25, 0.3) is 0 Å². The molecule has 0 aliphatic carbocycles. The van der Waals surface area contributed by atoms with Crippen molar-refractivity contribution < 1.29 is 14.3 Å². The van der Waals surface area contributed by atoms with Crippen molar-refractivity contribution in [2.45, 2.75) is 18.9 Å². The molecule has 2 fully saturated rings. The number of nitrogens with one attached hydrogen (secondary N) is 1. The Morgan fingerprint density at radius 1 is 1.35 bits per heavy atom. The van der Waals surface area contributed by atoms with Crippen LogP contribution in [0, 0.1) is 5.41 Å². The summed E-state index contributed by atoms with van der Waals surface area (Å²) >= 11 is 0. The van der Waals surface area contributed by atoms with Crippen molar-refractivity contribution in [1.82, 2.24) is 10.2 Å². The third-order valence-corrected chi connectivity index (χ3v) is 4.96. The highest BCUT2D eigenvalue weighted by Crippen LogP contribution is 2.33. The highest BCUT2D eigenvalue weighted by Gasteiger charge is 2.43. The van der Waals surface area contributed by atoms with Crippen molar-refractivity contribution in [1.29, 1.82) is 0 Å². The first kappa shape index (κ1) is 16.4. The third-order valence-electron chi connectivity index (χ3n) is 4.96. The minimum atomic E-state index is -0.376. The lowest BCUT2D eigenvalue weighted by Crippen LogP contribution is -2.54. The van der Waals surface area contributed by atoms with E-state index in [9.17, 15) is 4.79 Å². The molecular formula is C18H26N2O3. The minimum absolute atomic E-state index is 0.0322. The predicted molar refractivity (Wildman–Crippen MR) is 88.1 cm³/mol. The van der Waals surface area contributed by atoms with Gasteiger partial charge in [0, 0.05) is 13.7 Å². The number of benzene rings is 1. The van der Waals surface area contributed by atoms with Gasteiger partial charge in [-0.25, -0.2) is 0 Å². The lowest BCUT2D eigenvalue weighted by molar-refractivity contribution is -0.155. The summed E-state index contributed by atoms with van der Waals surface area (Å²) in [4.78, 5) is 15.2. The maximum absolute atomic E-state index is 13.2. The first-order valence-electron chi connectivity index (χ1n) is 8.41. The highest BCUT2D eigenvalue weighted by molar-refractivity contribution is 5.83. The summed E-state index contributed by atoms with van der Waals surface area (Å²) in [6.45, 7) is 4.14. The van der Waals surface area contributed by atoms with Crippen LogP contribution >= 0.6 is 0 Å². The van der Waals surface area contributed by atoms with Crippen LogP contribution in [0.5, 0.6) is 0 Å². The second-order valence-corrected chi connectivity index (χ2v) is 6.48. The molecule has 1 unspecified atom stereocenters. The lowest BCUT2D eigenvalue weighted by atomic mass is 9.78. The molecule has 1 N–H and O–H groups in total. The Kier molecular flexibility index (Phi) is 5.30. The molecule has 0 saturated carbocycles. The van der Waals surface area contributed by atoms with E-state index in [1.807, 2.05) is 23.1 Å². The van der Waals surface area contributed by atoms with E-state index in [-0.39, 0.29) is 17.4 Å². The van der Waals surface area contributed by atoms with Crippen LogP contribution in [0.3, 0.4) is 0 Å². The molecule has 0 spiro atoms. The van der Waals surface area contributed by atoms with E-state index in [0.717, 1.165) is 31.5 Å². The summed E-state index contributed by atoms with van der Waals surface area (Å²) in [6.07, 6.45) is 1.65. The van der Waals surface area contributed by atoms with Gasteiger partial charge in [0.2, 0.25) is 5.91 Å². The third kappa shape index (κ3) is 3.57. The van der Waals surface area contributed by atoms with Crippen LogP contribution in [0.25, 0.3) is 0 Å². The number of nitrogens with zero attached hydrogens (tertiary/aromatic N) is 1. The van der Waals surface area contributed by atoms with Crippen molar-refractivity contribution in [3.05, 3.63) is 35.9 Å². The largest absolute Gasteiger partial charge is 0.384 e. The molecule has 5 nitrogen and oxygen atoms in total. The fraction of sp³-hybridized carbons (Fsp3) is 0.611. The van der Waals surface area contributed by atoms with Crippen molar-refractivity contribution in [2.75, 3.05) is 46.5 Å². The van der Waals surface area contributed by atoms with E-state index in [4.69, 9.17) is 9.47 Å². The van der Waals surface area contributed by atoms with Crippen molar-refractivity contribution >= 4 is 5.91 Å². The Bertz CT molecular complexity index is 509. The Labute approximate surface area is 137 Å². The fourth-order valence-corrected chi connectivity index (χ4v) is 3.64. The Hall–Kier alpha value is -1.43. The number of hydrogen-bond donors (Lipinski definition) is 1. The Balaban J connectivity index is 1.73. The van der Waals surface area contributed by atoms with Gasteiger partial charge in [0.15, 0.2) is 0 Å². The number of methoxy groups -OCH3 is 1. The Morgan fingerprint density at radius 2 is 2.09 bits per heavy atom. The van der Waals surface area contributed by atoms with E-state index < -0.39 is 0 Å². The molecule has 0 radical (unpaired) electrons. The average molecular weight is 318 g/mol. The van der Waals surface area contributed by atoms with Gasteiger partial charge in [-0.2, -0.15) is 0 Å². The van der Waals surface area contributed by atoms with Crippen LogP contribution < -0.4 is 5.32 Å². The predicted octanol–water partition coefficient (Wildman–Crippen LogP) is 1.60. The first-order chi connectivity index (χ1) is 11.2. The first-order valence-corrected chi connectivity index (χ1v) is 8.41. The summed E-state index contributed by atoms with van der Waals surface area (Å²) in [5.41, 5.74) is 0.759. The number of carbonyl (C=O) groups excluding carboxylic acids is 1. The molecule has 1 aromatic carbocycles. The normalized spacial score (nSPS) is 24.4. The van der Waals surface area contributed by atoms with Crippen LogP contribution in [0.15, 0.2) is 30.3 Å². The fourth-order valence-electron chi connectivity index (χ4n) is 3.64. The van der Waals surface area contributed by atoms with Crippen LogP contribution in [0.2, 0.25) is 0 Å². The number of hydrogen-bond acceptors (Lipinski definition) is 4. The van der Waals surface area contributed by atoms with Crippen LogP contribution in [-0.2, 0) is 14.3 Å². The maximum Gasteiger partial charge on any atom is 0.231 e. The molecule has 126 valence electrons. The number of amides is 1. The summed E-state index contributed by atoms with van der Waals surface area (Å²) < 4.78 is 11.3. The van der Waals surface area contributed by atoms with Crippen LogP contribution in [0.4, 0.5) is 0 Å². The number of morpholine rings is 1. The second-order valence-electron chi connectivity index (χ2n) is 6.48. The molecule has 3 rings (SSSR count). The van der Waals surface area contributed by atoms with E-state index >= 15 is 0 Å². The molecule has 0 bridgehead atoms. The molecule has 2 aliphatic rings. The quantitative estimate of drug-likeness (QED) is 0.916. The van der Waals surface area contributed by atoms with E-state index in [0.29, 0.717) is 26.3 Å². The summed E-state index contributed by atoms with van der Waals surface area (Å²) in [5.74, 6) is 0.227. The highest BCUT2D eigenvalue weighted by atomic mass is 16.5. The van der Waals surface area contributed by atoms with Gasteiger partial charge in [-0.3, -0.25) is 4.79 Å². The van der Waals surface area contributed by atoms with E-state index in [1.54, 1.807) is 7.11 Å². The van der Waals surface area contributed by atoms with Gasteiger partial charge in [-0.1, -0.05) is 30.3 Å². The molecule has 5 heteroatoms. The summed E-state index contributed by atoms with van der Waals surface area (Å²) in [5, 5.41) is 3.34. The molecule has 1 atom stereocenters. The monoisotopic (exact) mass is 318 g/mol. The molecule has 0 aromatic heterocycles. The van der Waals surface area contributed by atoms with Crippen molar-refractivity contribution in [2.24, 2.45) is 5.41 Å². The number of piperidine rings is 1. The molecule has 23 heavy (non-hydrogen) atoms. The molecule has 2 saturated heterocycles. The zero-order valence-corrected chi connectivity index (χ0v) is 13.8. The van der Waals surface area contributed by atoms with Gasteiger partial charge < -0.3 is 19.7 Å². The smallest absolute Gasteiger partial charge is 0.231 e. The lowest BCUT2D eigenvalue weighted by Gasteiger charge is -2.42. The van der Waals surface area contributed by atoms with Crippen molar-refractivity contribution in [3.63, 3.8) is 0 Å². The molecular weight excluding hydrogens is 292 g/mol. The van der Waals surface area contributed by atoms with Crippen LogP contribution in [-0.4, -0.2) is 57.3 Å². The maximum atomic E-state index is 13.2. The second kappa shape index (κ2) is 7.43. The molecule has 2 aliphatic heterocycles. The van der Waals surface area contributed by atoms with E-state index in [1.165, 1.54) is 0 Å². The molecule has 1 aromatic rings. The average Bonchev–Trinajstić information content (AvgIpc) is 2.63. The SMILES string of the molecule is COCC1(C(=O)N2CCOC(c3ccccc3)C2)CCNCC1. The van der Waals surface area contributed by atoms with Crippen molar-refractivity contribution in [3.8, 4) is 0 Å². The van der Waals surface area contributed by atoms with E-state index in [2.05, 4.69) is 17.4 Å². The summed E-state index contributed by atoms with van der Waals surface area (Å²) in [6, 6.07) is 10.2. The number of ether oxygens (including phenoxy) is 2. The van der Waals surface area contributed by atoms with Crippen LogP contribution in [0.1, 0.15) is 24.5 Å². The zero-order valence-electron chi connectivity index (χ0n) is 13.8. The van der Waals surface area contributed by atoms with Gasteiger partial charge in [0.05, 0.1) is 25.2 Å². The Morgan fingerprint density at radius 3 is 2.78 bits per heavy atom. The van der Waals surface area contributed by atoms with Gasteiger partial charge in [0.1, 0.15) is 6.10 Å². The van der Waals surface area contributed by atoms with Gasteiger partial charge in [-0.15, -0.1) is 0 Å². The molecule has 1 amide bonds. The number of carbonyl (C=O) groups is 1. The van der Waals surface area contributed by atoms with Gasteiger partial charge >= 0.3 is 0 Å². The number of rotatable bonds is 4.